The number of benzene rings is 1. The Morgan fingerprint density at radius 1 is 1.15 bits per heavy atom. The maximum Gasteiger partial charge on any atom is 0.157 e. The van der Waals surface area contributed by atoms with Crippen molar-refractivity contribution >= 4 is 27.5 Å². The molecule has 0 saturated heterocycles. The van der Waals surface area contributed by atoms with Crippen LogP contribution in [0.1, 0.15) is 10.6 Å². The molecule has 0 aliphatic heterocycles. The molecule has 5 nitrogen and oxygen atoms in total. The number of hydrogen-bond acceptors (Lipinski definition) is 6. The standard InChI is InChI=1S/C14H15N5S/c15-7-6-11-19-12-13(17-9-18-14(12)20-11)16-8-10-4-2-1-3-5-10/h1-5,9H,6-8,15H2,(H,16,17,18). The second kappa shape index (κ2) is 5.94. The number of thiazole rings is 1. The monoisotopic (exact) mass is 285 g/mol. The molecule has 20 heavy (non-hydrogen) atoms. The van der Waals surface area contributed by atoms with Gasteiger partial charge in [-0.15, -0.1) is 0 Å². The SMILES string of the molecule is NCCc1nc2c(NCc3ccccc3)ncnc2s1. The Morgan fingerprint density at radius 2 is 2.00 bits per heavy atom. The Morgan fingerprint density at radius 3 is 2.80 bits per heavy atom. The molecule has 3 rings (SSSR count). The highest BCUT2D eigenvalue weighted by atomic mass is 32.1. The van der Waals surface area contributed by atoms with E-state index in [1.807, 2.05) is 18.2 Å². The largest absolute Gasteiger partial charge is 0.364 e. The summed E-state index contributed by atoms with van der Waals surface area (Å²) in [6.45, 7) is 1.32. The van der Waals surface area contributed by atoms with Crippen molar-refractivity contribution in [2.45, 2.75) is 13.0 Å². The van der Waals surface area contributed by atoms with Crippen molar-refractivity contribution in [3.63, 3.8) is 0 Å². The molecular weight excluding hydrogens is 270 g/mol. The van der Waals surface area contributed by atoms with Gasteiger partial charge in [-0.2, -0.15) is 0 Å². The predicted octanol–water partition coefficient (Wildman–Crippen LogP) is 2.20. The number of rotatable bonds is 5. The highest BCUT2D eigenvalue weighted by Gasteiger charge is 2.09. The molecule has 0 bridgehead atoms. The second-order valence-corrected chi connectivity index (χ2v) is 5.42. The third-order valence-corrected chi connectivity index (χ3v) is 3.92. The van der Waals surface area contributed by atoms with Gasteiger partial charge >= 0.3 is 0 Å². The van der Waals surface area contributed by atoms with Crippen LogP contribution in [0.3, 0.4) is 0 Å². The zero-order valence-electron chi connectivity index (χ0n) is 10.9. The van der Waals surface area contributed by atoms with Gasteiger partial charge in [-0.05, 0) is 12.1 Å². The molecule has 0 radical (unpaired) electrons. The Hall–Kier alpha value is -2.05. The van der Waals surface area contributed by atoms with Gasteiger partial charge in [0, 0.05) is 13.0 Å². The van der Waals surface area contributed by atoms with Crippen LogP contribution in [0.2, 0.25) is 0 Å². The van der Waals surface area contributed by atoms with Gasteiger partial charge < -0.3 is 11.1 Å². The second-order valence-electron chi connectivity index (χ2n) is 4.36. The lowest BCUT2D eigenvalue weighted by Crippen LogP contribution is -2.03. The normalized spacial score (nSPS) is 10.8. The van der Waals surface area contributed by atoms with Gasteiger partial charge in [0.05, 0.1) is 5.01 Å². The van der Waals surface area contributed by atoms with Crippen molar-refractivity contribution in [3.8, 4) is 0 Å². The molecule has 0 unspecified atom stereocenters. The molecule has 0 spiro atoms. The van der Waals surface area contributed by atoms with E-state index in [1.165, 1.54) is 5.56 Å². The maximum absolute atomic E-state index is 5.57. The minimum Gasteiger partial charge on any atom is -0.364 e. The zero-order valence-corrected chi connectivity index (χ0v) is 11.7. The van der Waals surface area contributed by atoms with Crippen molar-refractivity contribution in [1.82, 2.24) is 15.0 Å². The lowest BCUT2D eigenvalue weighted by atomic mass is 10.2. The van der Waals surface area contributed by atoms with E-state index in [0.29, 0.717) is 6.54 Å². The fourth-order valence-electron chi connectivity index (χ4n) is 1.94. The van der Waals surface area contributed by atoms with E-state index in [4.69, 9.17) is 5.73 Å². The van der Waals surface area contributed by atoms with Crippen LogP contribution in [-0.2, 0) is 13.0 Å². The Kier molecular flexibility index (Phi) is 3.85. The predicted molar refractivity (Wildman–Crippen MR) is 81.7 cm³/mol. The zero-order chi connectivity index (χ0) is 13.8. The Bertz CT molecular complexity index is 695. The number of hydrogen-bond donors (Lipinski definition) is 2. The third kappa shape index (κ3) is 2.76. The van der Waals surface area contributed by atoms with Gasteiger partial charge in [0.15, 0.2) is 5.82 Å². The molecule has 0 amide bonds. The quantitative estimate of drug-likeness (QED) is 0.751. The Balaban J connectivity index is 1.83. The van der Waals surface area contributed by atoms with Gasteiger partial charge in [0.25, 0.3) is 0 Å². The molecule has 0 fully saturated rings. The first kappa shape index (κ1) is 13.0. The third-order valence-electron chi connectivity index (χ3n) is 2.90. The van der Waals surface area contributed by atoms with Crippen LogP contribution < -0.4 is 11.1 Å². The van der Waals surface area contributed by atoms with Crippen molar-refractivity contribution in [2.24, 2.45) is 5.73 Å². The molecule has 0 atom stereocenters. The fraction of sp³-hybridized carbons (Fsp3) is 0.214. The van der Waals surface area contributed by atoms with Gasteiger partial charge in [-0.25, -0.2) is 15.0 Å². The van der Waals surface area contributed by atoms with E-state index in [0.717, 1.165) is 34.1 Å². The van der Waals surface area contributed by atoms with Gasteiger partial charge in [0.1, 0.15) is 16.7 Å². The van der Waals surface area contributed by atoms with Gasteiger partial charge in [0.2, 0.25) is 0 Å². The summed E-state index contributed by atoms with van der Waals surface area (Å²) in [6, 6.07) is 10.2. The molecule has 0 aliphatic rings. The number of fused-ring (bicyclic) bond motifs is 1. The summed E-state index contributed by atoms with van der Waals surface area (Å²) in [5, 5.41) is 4.33. The summed E-state index contributed by atoms with van der Waals surface area (Å²) in [5.74, 6) is 0.776. The first-order valence-corrected chi connectivity index (χ1v) is 7.27. The molecule has 2 heterocycles. The number of anilines is 1. The van der Waals surface area contributed by atoms with Crippen molar-refractivity contribution < 1.29 is 0 Å². The number of nitrogens with two attached hydrogens (primary N) is 1. The average Bonchev–Trinajstić information content (AvgIpc) is 2.89. The van der Waals surface area contributed by atoms with Crippen molar-refractivity contribution in [1.29, 1.82) is 0 Å². The molecule has 102 valence electrons. The van der Waals surface area contributed by atoms with Crippen LogP contribution in [0.15, 0.2) is 36.7 Å². The molecule has 6 heteroatoms. The molecule has 3 N–H and O–H groups in total. The summed E-state index contributed by atoms with van der Waals surface area (Å²) in [5.41, 5.74) is 7.61. The molecule has 3 aromatic rings. The minimum absolute atomic E-state index is 0.597. The number of nitrogens with zero attached hydrogens (tertiary/aromatic N) is 3. The summed E-state index contributed by atoms with van der Waals surface area (Å²) in [6.07, 6.45) is 2.35. The van der Waals surface area contributed by atoms with Crippen LogP contribution in [0, 0.1) is 0 Å². The van der Waals surface area contributed by atoms with E-state index in [9.17, 15) is 0 Å². The van der Waals surface area contributed by atoms with E-state index in [1.54, 1.807) is 17.7 Å². The molecule has 0 aliphatic carbocycles. The average molecular weight is 285 g/mol. The lowest BCUT2D eigenvalue weighted by Gasteiger charge is -2.05. The molecule has 0 saturated carbocycles. The Labute approximate surface area is 120 Å². The first-order valence-electron chi connectivity index (χ1n) is 6.45. The summed E-state index contributed by atoms with van der Waals surface area (Å²) in [4.78, 5) is 14.0. The van der Waals surface area contributed by atoms with Gasteiger partial charge in [-0.1, -0.05) is 41.7 Å². The van der Waals surface area contributed by atoms with Crippen molar-refractivity contribution in [2.75, 3.05) is 11.9 Å². The van der Waals surface area contributed by atoms with Crippen LogP contribution in [0.5, 0.6) is 0 Å². The van der Waals surface area contributed by atoms with Crippen molar-refractivity contribution in [3.05, 3.63) is 47.2 Å². The molecule has 1 aromatic carbocycles. The highest BCUT2D eigenvalue weighted by molar-refractivity contribution is 7.18. The first-order chi connectivity index (χ1) is 9.86. The maximum atomic E-state index is 5.57. The highest BCUT2D eigenvalue weighted by Crippen LogP contribution is 2.24. The topological polar surface area (TPSA) is 76.7 Å². The van der Waals surface area contributed by atoms with E-state index >= 15 is 0 Å². The van der Waals surface area contributed by atoms with E-state index in [-0.39, 0.29) is 0 Å². The summed E-state index contributed by atoms with van der Waals surface area (Å²) >= 11 is 1.58. The summed E-state index contributed by atoms with van der Waals surface area (Å²) in [7, 11) is 0. The lowest BCUT2D eigenvalue weighted by molar-refractivity contribution is 0.957. The van der Waals surface area contributed by atoms with Crippen LogP contribution in [-0.4, -0.2) is 21.5 Å². The smallest absolute Gasteiger partial charge is 0.157 e. The molecule has 2 aromatic heterocycles. The van der Waals surface area contributed by atoms with Crippen LogP contribution in [0.25, 0.3) is 10.3 Å². The van der Waals surface area contributed by atoms with E-state index in [2.05, 4.69) is 32.4 Å². The molecular formula is C14H15N5S. The van der Waals surface area contributed by atoms with E-state index < -0.39 is 0 Å². The van der Waals surface area contributed by atoms with Crippen LogP contribution >= 0.6 is 11.3 Å². The van der Waals surface area contributed by atoms with Crippen LogP contribution in [0.4, 0.5) is 5.82 Å². The number of nitrogens with one attached hydrogen (secondary N) is 1. The summed E-state index contributed by atoms with van der Waals surface area (Å²) < 4.78 is 0. The number of aromatic nitrogens is 3. The minimum atomic E-state index is 0.597. The fourth-order valence-corrected chi connectivity index (χ4v) is 2.86. The van der Waals surface area contributed by atoms with Gasteiger partial charge in [-0.3, -0.25) is 0 Å².